The molecule has 5 rings (SSSR count). The molecule has 1 aromatic carbocycles. The van der Waals surface area contributed by atoms with Gasteiger partial charge in [0.25, 0.3) is 0 Å². The van der Waals surface area contributed by atoms with E-state index in [1.165, 1.54) is 0 Å². The van der Waals surface area contributed by atoms with Gasteiger partial charge in [0, 0.05) is 37.0 Å². The zero-order valence-electron chi connectivity index (χ0n) is 17.3. The van der Waals surface area contributed by atoms with E-state index in [1.54, 1.807) is 23.9 Å². The minimum atomic E-state index is -4.56. The van der Waals surface area contributed by atoms with Crippen LogP contribution in [0.1, 0.15) is 35.2 Å². The highest BCUT2D eigenvalue weighted by Crippen LogP contribution is 2.40. The van der Waals surface area contributed by atoms with Gasteiger partial charge in [-0.2, -0.15) is 13.2 Å². The Bertz CT molecular complexity index is 1180. The molecular formula is C21H21F3N8. The van der Waals surface area contributed by atoms with E-state index in [0.29, 0.717) is 17.8 Å². The van der Waals surface area contributed by atoms with Crippen LogP contribution in [0.5, 0.6) is 0 Å². The van der Waals surface area contributed by atoms with Gasteiger partial charge in [0.15, 0.2) is 5.82 Å². The molecule has 2 N–H and O–H groups in total. The Balaban J connectivity index is 1.51. The topological polar surface area (TPSA) is 93.4 Å². The van der Waals surface area contributed by atoms with E-state index in [4.69, 9.17) is 0 Å². The first-order valence-corrected chi connectivity index (χ1v) is 10.4. The lowest BCUT2D eigenvalue weighted by Crippen LogP contribution is -2.38. The summed E-state index contributed by atoms with van der Waals surface area (Å²) in [6.07, 6.45) is 0.506. The highest BCUT2D eigenvalue weighted by Gasteiger charge is 2.37. The number of tetrazole rings is 1. The Morgan fingerprint density at radius 1 is 1.25 bits per heavy atom. The molecule has 32 heavy (non-hydrogen) atoms. The van der Waals surface area contributed by atoms with Crippen molar-refractivity contribution in [1.82, 2.24) is 35.5 Å². The van der Waals surface area contributed by atoms with Crippen molar-refractivity contribution in [2.75, 3.05) is 18.4 Å². The number of hydrogen-bond acceptors (Lipinski definition) is 7. The van der Waals surface area contributed by atoms with E-state index in [9.17, 15) is 13.2 Å². The minimum absolute atomic E-state index is 0.0840. The maximum Gasteiger partial charge on any atom is 0.419 e. The van der Waals surface area contributed by atoms with Crippen molar-refractivity contribution in [2.45, 2.75) is 31.5 Å². The summed E-state index contributed by atoms with van der Waals surface area (Å²) in [6.45, 7) is 1.66. The molecule has 1 aliphatic heterocycles. The van der Waals surface area contributed by atoms with Crippen LogP contribution < -0.4 is 10.6 Å². The van der Waals surface area contributed by atoms with Gasteiger partial charge in [0.1, 0.15) is 5.56 Å². The van der Waals surface area contributed by atoms with Crippen molar-refractivity contribution in [3.63, 3.8) is 0 Å². The molecule has 11 heteroatoms. The Kier molecular flexibility index (Phi) is 5.12. The number of halogens is 3. The minimum Gasteiger partial charge on any atom is -0.350 e. The Hall–Kier alpha value is -3.34. The van der Waals surface area contributed by atoms with E-state index in [2.05, 4.69) is 36.1 Å². The lowest BCUT2D eigenvalue weighted by atomic mass is 9.98. The average molecular weight is 442 g/mol. The van der Waals surface area contributed by atoms with E-state index < -0.39 is 11.7 Å². The largest absolute Gasteiger partial charge is 0.419 e. The molecule has 0 unspecified atom stereocenters. The summed E-state index contributed by atoms with van der Waals surface area (Å²) in [6, 6.07) is 5.61. The molecule has 1 saturated heterocycles. The Morgan fingerprint density at radius 3 is 2.84 bits per heavy atom. The van der Waals surface area contributed by atoms with Crippen LogP contribution in [-0.2, 0) is 19.6 Å². The number of fused-ring (bicyclic) bond motifs is 1. The number of anilines is 1. The SMILES string of the molecule is Cn1nnnc1-c1ccc2c(c1)CC=C2c1nc(N[C@H]2CCCNC2)ncc1C(F)(F)F. The first-order chi connectivity index (χ1) is 15.4. The van der Waals surface area contributed by atoms with Gasteiger partial charge in [0.2, 0.25) is 5.95 Å². The van der Waals surface area contributed by atoms with Gasteiger partial charge in [-0.3, -0.25) is 0 Å². The van der Waals surface area contributed by atoms with Crippen molar-refractivity contribution in [2.24, 2.45) is 7.05 Å². The summed E-state index contributed by atoms with van der Waals surface area (Å²) in [4.78, 5) is 8.29. The van der Waals surface area contributed by atoms with Gasteiger partial charge < -0.3 is 10.6 Å². The number of nitrogens with zero attached hydrogens (tertiary/aromatic N) is 6. The van der Waals surface area contributed by atoms with Crippen LogP contribution >= 0.6 is 0 Å². The Labute approximate surface area is 182 Å². The van der Waals surface area contributed by atoms with Gasteiger partial charge >= 0.3 is 6.18 Å². The third-order valence-electron chi connectivity index (χ3n) is 5.78. The molecule has 0 saturated carbocycles. The van der Waals surface area contributed by atoms with Gasteiger partial charge in [-0.25, -0.2) is 14.6 Å². The van der Waals surface area contributed by atoms with Crippen molar-refractivity contribution < 1.29 is 13.2 Å². The second-order valence-corrected chi connectivity index (χ2v) is 7.96. The Morgan fingerprint density at radius 2 is 2.12 bits per heavy atom. The van der Waals surface area contributed by atoms with Crippen LogP contribution in [0.4, 0.5) is 19.1 Å². The second-order valence-electron chi connectivity index (χ2n) is 7.96. The molecule has 0 radical (unpaired) electrons. The average Bonchev–Trinajstić information content (AvgIpc) is 3.39. The van der Waals surface area contributed by atoms with E-state index in [0.717, 1.165) is 48.8 Å². The molecule has 1 fully saturated rings. The molecule has 2 aromatic heterocycles. The first-order valence-electron chi connectivity index (χ1n) is 10.4. The zero-order chi connectivity index (χ0) is 22.3. The normalized spacial score (nSPS) is 18.4. The fourth-order valence-electron chi connectivity index (χ4n) is 4.21. The number of alkyl halides is 3. The van der Waals surface area contributed by atoms with Crippen molar-refractivity contribution >= 4 is 11.5 Å². The molecular weight excluding hydrogens is 421 g/mol. The van der Waals surface area contributed by atoms with Crippen LogP contribution in [0.2, 0.25) is 0 Å². The number of piperidine rings is 1. The predicted molar refractivity (Wildman–Crippen MR) is 112 cm³/mol. The van der Waals surface area contributed by atoms with Gasteiger partial charge in [0.05, 0.1) is 5.69 Å². The van der Waals surface area contributed by atoms with E-state index in [-0.39, 0.29) is 17.7 Å². The monoisotopic (exact) mass is 442 g/mol. The summed E-state index contributed by atoms with van der Waals surface area (Å²) < 4.78 is 43.0. The number of rotatable bonds is 4. The molecule has 0 spiro atoms. The summed E-state index contributed by atoms with van der Waals surface area (Å²) >= 11 is 0. The lowest BCUT2D eigenvalue weighted by molar-refractivity contribution is -0.138. The molecule has 0 amide bonds. The summed E-state index contributed by atoms with van der Waals surface area (Å²) in [7, 11) is 1.74. The molecule has 1 atom stereocenters. The molecule has 3 aromatic rings. The van der Waals surface area contributed by atoms with Crippen molar-refractivity contribution in [3.8, 4) is 11.4 Å². The van der Waals surface area contributed by atoms with Crippen LogP contribution in [0, 0.1) is 0 Å². The van der Waals surface area contributed by atoms with Crippen LogP contribution in [-0.4, -0.2) is 49.3 Å². The number of benzene rings is 1. The maximum atomic E-state index is 13.8. The number of allylic oxidation sites excluding steroid dienone is 1. The van der Waals surface area contributed by atoms with E-state index in [1.807, 2.05) is 12.1 Å². The highest BCUT2D eigenvalue weighted by atomic mass is 19.4. The first kappa shape index (κ1) is 20.6. The predicted octanol–water partition coefficient (Wildman–Crippen LogP) is 2.84. The van der Waals surface area contributed by atoms with Crippen molar-refractivity contribution in [1.29, 1.82) is 0 Å². The van der Waals surface area contributed by atoms with Crippen LogP contribution in [0.3, 0.4) is 0 Å². The third-order valence-corrected chi connectivity index (χ3v) is 5.78. The van der Waals surface area contributed by atoms with Gasteiger partial charge in [-0.15, -0.1) is 5.10 Å². The van der Waals surface area contributed by atoms with Gasteiger partial charge in [-0.05, 0) is 53.4 Å². The quantitative estimate of drug-likeness (QED) is 0.642. The number of nitrogens with one attached hydrogen (secondary N) is 2. The third kappa shape index (κ3) is 3.83. The number of aryl methyl sites for hydroxylation is 1. The fourth-order valence-corrected chi connectivity index (χ4v) is 4.21. The molecule has 2 aliphatic rings. The molecule has 0 bridgehead atoms. The molecule has 1 aliphatic carbocycles. The summed E-state index contributed by atoms with van der Waals surface area (Å²) in [5, 5.41) is 17.9. The van der Waals surface area contributed by atoms with Crippen LogP contribution in [0.25, 0.3) is 17.0 Å². The molecule has 8 nitrogen and oxygen atoms in total. The number of hydrogen-bond donors (Lipinski definition) is 2. The number of aromatic nitrogens is 6. The smallest absolute Gasteiger partial charge is 0.350 e. The van der Waals surface area contributed by atoms with Gasteiger partial charge in [-0.1, -0.05) is 18.2 Å². The highest BCUT2D eigenvalue weighted by molar-refractivity contribution is 5.85. The standard InChI is InChI=1S/C21H21F3N8/c1-32-19(29-30-31-32)13-5-6-15-12(9-13)4-7-16(15)18-17(21(22,23)24)11-26-20(28-18)27-14-3-2-8-25-10-14/h5-7,9,11,14,25H,2-4,8,10H2,1H3,(H,26,27,28)/t14-/m0/s1. The summed E-state index contributed by atoms with van der Waals surface area (Å²) in [5.41, 5.74) is 1.94. The van der Waals surface area contributed by atoms with Crippen molar-refractivity contribution in [3.05, 3.63) is 52.9 Å². The lowest BCUT2D eigenvalue weighted by Gasteiger charge is -2.24. The summed E-state index contributed by atoms with van der Waals surface area (Å²) in [5.74, 6) is 0.796. The second kappa shape index (κ2) is 7.97. The molecule has 3 heterocycles. The zero-order valence-corrected chi connectivity index (χ0v) is 17.3. The fraction of sp³-hybridized carbons (Fsp3) is 0.381. The molecule has 166 valence electrons. The van der Waals surface area contributed by atoms with Crippen LogP contribution in [0.15, 0.2) is 30.5 Å². The maximum absolute atomic E-state index is 13.8. The van der Waals surface area contributed by atoms with E-state index >= 15 is 0 Å².